The van der Waals surface area contributed by atoms with Gasteiger partial charge in [-0.2, -0.15) is 4.98 Å². The second-order valence-corrected chi connectivity index (χ2v) is 9.89. The fourth-order valence-corrected chi connectivity index (χ4v) is 5.14. The summed E-state index contributed by atoms with van der Waals surface area (Å²) in [6.07, 6.45) is 3.63. The van der Waals surface area contributed by atoms with Crippen molar-refractivity contribution >= 4 is 28.4 Å². The monoisotopic (exact) mass is 516 g/mol. The number of aryl methyl sites for hydroxylation is 2. The fraction of sp³-hybridized carbons (Fsp3) is 0.219. The lowest BCUT2D eigenvalue weighted by Crippen LogP contribution is -2.43. The van der Waals surface area contributed by atoms with E-state index in [1.165, 1.54) is 16.8 Å². The molecule has 5 aromatic rings. The van der Waals surface area contributed by atoms with E-state index in [4.69, 9.17) is 4.98 Å². The molecule has 1 aliphatic heterocycles. The van der Waals surface area contributed by atoms with Gasteiger partial charge in [0.25, 0.3) is 5.56 Å². The molecular formula is C32H32N6O. The third kappa shape index (κ3) is 5.84. The van der Waals surface area contributed by atoms with Crippen molar-refractivity contribution in [3.05, 3.63) is 124 Å². The van der Waals surface area contributed by atoms with Crippen LogP contribution in [0.15, 0.2) is 102 Å². The lowest BCUT2D eigenvalue weighted by molar-refractivity contribution is 0.589. The van der Waals surface area contributed by atoms with Gasteiger partial charge in [-0.05, 0) is 59.9 Å². The number of fused-ring (bicyclic) bond motifs is 1. The molecule has 3 aromatic carbocycles. The van der Waals surface area contributed by atoms with E-state index in [0.717, 1.165) is 55.7 Å². The van der Waals surface area contributed by atoms with Gasteiger partial charge in [-0.25, -0.2) is 4.98 Å². The molecule has 0 bridgehead atoms. The predicted octanol–water partition coefficient (Wildman–Crippen LogP) is 4.78. The Labute approximate surface area is 228 Å². The molecule has 0 spiro atoms. The Hall–Kier alpha value is -4.49. The smallest absolute Gasteiger partial charge is 0.252 e. The van der Waals surface area contributed by atoms with Gasteiger partial charge >= 0.3 is 0 Å². The average molecular weight is 517 g/mol. The summed E-state index contributed by atoms with van der Waals surface area (Å²) in [6.45, 7) is 4.48. The second kappa shape index (κ2) is 11.5. The Morgan fingerprint density at radius 3 is 2.33 bits per heavy atom. The highest BCUT2D eigenvalue weighted by molar-refractivity contribution is 5.76. The fourth-order valence-electron chi connectivity index (χ4n) is 5.14. The van der Waals surface area contributed by atoms with Gasteiger partial charge < -0.3 is 15.5 Å². The van der Waals surface area contributed by atoms with Gasteiger partial charge in [-0.15, -0.1) is 0 Å². The molecule has 3 heterocycles. The summed E-state index contributed by atoms with van der Waals surface area (Å²) in [6, 6.07) is 30.6. The zero-order valence-corrected chi connectivity index (χ0v) is 21.9. The van der Waals surface area contributed by atoms with Crippen LogP contribution in [0.2, 0.25) is 0 Å². The van der Waals surface area contributed by atoms with E-state index in [2.05, 4.69) is 75.1 Å². The molecule has 0 amide bonds. The summed E-state index contributed by atoms with van der Waals surface area (Å²) in [5.41, 5.74) is 6.33. The second-order valence-electron chi connectivity index (χ2n) is 9.89. The van der Waals surface area contributed by atoms with Crippen LogP contribution in [-0.4, -0.2) is 40.7 Å². The minimum atomic E-state index is -0.0783. The van der Waals surface area contributed by atoms with Crippen LogP contribution >= 0.6 is 0 Å². The van der Waals surface area contributed by atoms with E-state index in [-0.39, 0.29) is 5.56 Å². The first-order valence-corrected chi connectivity index (χ1v) is 13.5. The molecule has 196 valence electrons. The molecule has 0 aliphatic carbocycles. The molecule has 0 unspecified atom stereocenters. The summed E-state index contributed by atoms with van der Waals surface area (Å²) in [4.78, 5) is 24.7. The lowest BCUT2D eigenvalue weighted by atomic mass is 9.99. The molecular weight excluding hydrogens is 484 g/mol. The standard InChI is InChI=1S/C32H32N6O/c39-30-17-12-26-22-34-32(35-28-13-15-29(16-14-28)37-20-18-33-19-21-37)36-31(26)38(30)23-27-9-5-4-8-25(27)11-10-24-6-2-1-3-7-24/h1-9,12-17,22,33H,10-11,18-21,23H2,(H,34,35,36). The van der Waals surface area contributed by atoms with Gasteiger partial charge in [0.1, 0.15) is 5.65 Å². The van der Waals surface area contributed by atoms with Gasteiger partial charge in [0.05, 0.1) is 6.54 Å². The molecule has 7 heteroatoms. The van der Waals surface area contributed by atoms with Crippen molar-refractivity contribution in [2.24, 2.45) is 0 Å². The quantitative estimate of drug-likeness (QED) is 0.309. The van der Waals surface area contributed by atoms with Gasteiger partial charge in [0, 0.05) is 55.2 Å². The highest BCUT2D eigenvalue weighted by atomic mass is 16.1. The summed E-state index contributed by atoms with van der Waals surface area (Å²) < 4.78 is 1.75. The normalized spacial score (nSPS) is 13.5. The van der Waals surface area contributed by atoms with E-state index < -0.39 is 0 Å². The minimum Gasteiger partial charge on any atom is -0.369 e. The first kappa shape index (κ1) is 24.8. The SMILES string of the molecule is O=c1ccc2cnc(Nc3ccc(N4CCNCC4)cc3)nc2n1Cc1ccccc1CCc1ccccc1. The number of rotatable bonds is 8. The third-order valence-electron chi connectivity index (χ3n) is 7.30. The number of nitrogens with one attached hydrogen (secondary N) is 2. The minimum absolute atomic E-state index is 0.0783. The van der Waals surface area contributed by atoms with Crippen molar-refractivity contribution in [3.63, 3.8) is 0 Å². The average Bonchev–Trinajstić information content (AvgIpc) is 2.99. The Bertz CT molecular complexity index is 1610. The molecule has 2 aromatic heterocycles. The van der Waals surface area contributed by atoms with Crippen molar-refractivity contribution in [1.29, 1.82) is 0 Å². The molecule has 1 aliphatic rings. The molecule has 0 saturated carbocycles. The molecule has 7 nitrogen and oxygen atoms in total. The number of hydrogen-bond acceptors (Lipinski definition) is 6. The number of pyridine rings is 1. The van der Waals surface area contributed by atoms with E-state index in [1.54, 1.807) is 22.9 Å². The Morgan fingerprint density at radius 1 is 0.795 bits per heavy atom. The third-order valence-corrected chi connectivity index (χ3v) is 7.30. The van der Waals surface area contributed by atoms with Crippen LogP contribution in [0.1, 0.15) is 16.7 Å². The molecule has 1 saturated heterocycles. The molecule has 2 N–H and O–H groups in total. The predicted molar refractivity (Wildman–Crippen MR) is 158 cm³/mol. The van der Waals surface area contributed by atoms with E-state index in [0.29, 0.717) is 18.1 Å². The summed E-state index contributed by atoms with van der Waals surface area (Å²) in [5.74, 6) is 0.467. The van der Waals surface area contributed by atoms with Gasteiger partial charge in [0.2, 0.25) is 5.95 Å². The number of hydrogen-bond donors (Lipinski definition) is 2. The molecule has 0 atom stereocenters. The number of aromatic nitrogens is 3. The Balaban J connectivity index is 1.24. The van der Waals surface area contributed by atoms with Crippen molar-refractivity contribution in [1.82, 2.24) is 19.9 Å². The van der Waals surface area contributed by atoms with Crippen LogP contribution in [0.25, 0.3) is 11.0 Å². The zero-order valence-electron chi connectivity index (χ0n) is 21.9. The highest BCUT2D eigenvalue weighted by Gasteiger charge is 2.12. The number of piperazine rings is 1. The molecule has 6 rings (SSSR count). The maximum absolute atomic E-state index is 13.1. The van der Waals surface area contributed by atoms with Crippen LogP contribution in [0, 0.1) is 0 Å². The van der Waals surface area contributed by atoms with E-state index >= 15 is 0 Å². The first-order valence-electron chi connectivity index (χ1n) is 13.5. The highest BCUT2D eigenvalue weighted by Crippen LogP contribution is 2.22. The van der Waals surface area contributed by atoms with Crippen LogP contribution < -0.4 is 21.1 Å². The maximum atomic E-state index is 13.1. The lowest BCUT2D eigenvalue weighted by Gasteiger charge is -2.29. The van der Waals surface area contributed by atoms with Crippen LogP contribution in [0.4, 0.5) is 17.3 Å². The topological polar surface area (TPSA) is 75.1 Å². The number of benzene rings is 3. The van der Waals surface area contributed by atoms with Crippen molar-refractivity contribution in [2.75, 3.05) is 36.4 Å². The summed E-state index contributed by atoms with van der Waals surface area (Å²) in [5, 5.41) is 7.54. The number of nitrogens with zero attached hydrogens (tertiary/aromatic N) is 4. The Morgan fingerprint density at radius 2 is 1.54 bits per heavy atom. The van der Waals surface area contributed by atoms with Crippen molar-refractivity contribution in [3.8, 4) is 0 Å². The zero-order chi connectivity index (χ0) is 26.4. The molecule has 0 radical (unpaired) electrons. The van der Waals surface area contributed by atoms with Gasteiger partial charge in [-0.1, -0.05) is 54.6 Å². The van der Waals surface area contributed by atoms with E-state index in [1.807, 2.05) is 24.3 Å². The van der Waals surface area contributed by atoms with Gasteiger partial charge in [0.15, 0.2) is 0 Å². The summed E-state index contributed by atoms with van der Waals surface area (Å²) >= 11 is 0. The van der Waals surface area contributed by atoms with Gasteiger partial charge in [-0.3, -0.25) is 9.36 Å². The molecule has 39 heavy (non-hydrogen) atoms. The van der Waals surface area contributed by atoms with Crippen LogP contribution in [0.5, 0.6) is 0 Å². The van der Waals surface area contributed by atoms with Crippen molar-refractivity contribution < 1.29 is 0 Å². The molecule has 1 fully saturated rings. The maximum Gasteiger partial charge on any atom is 0.252 e. The van der Waals surface area contributed by atoms with E-state index in [9.17, 15) is 4.79 Å². The Kier molecular flexibility index (Phi) is 7.32. The largest absolute Gasteiger partial charge is 0.369 e. The van der Waals surface area contributed by atoms with Crippen LogP contribution in [0.3, 0.4) is 0 Å². The summed E-state index contributed by atoms with van der Waals surface area (Å²) in [7, 11) is 0. The number of anilines is 3. The first-order chi connectivity index (χ1) is 19.2. The van der Waals surface area contributed by atoms with Crippen LogP contribution in [-0.2, 0) is 19.4 Å². The van der Waals surface area contributed by atoms with Crippen molar-refractivity contribution in [2.45, 2.75) is 19.4 Å².